The quantitative estimate of drug-likeness (QED) is 0.594. The van der Waals surface area contributed by atoms with Crippen LogP contribution < -0.4 is 5.32 Å². The number of nitro groups is 1. The lowest BCUT2D eigenvalue weighted by Gasteiger charge is -2.01. The van der Waals surface area contributed by atoms with Crippen molar-refractivity contribution < 1.29 is 4.92 Å². The molecule has 0 unspecified atom stereocenters. The van der Waals surface area contributed by atoms with E-state index in [0.29, 0.717) is 5.69 Å². The first-order valence-corrected chi connectivity index (χ1v) is 5.09. The number of nitro benzene ring substituents is 1. The van der Waals surface area contributed by atoms with Gasteiger partial charge in [0.2, 0.25) is 0 Å². The van der Waals surface area contributed by atoms with Gasteiger partial charge in [0.15, 0.2) is 0 Å². The van der Waals surface area contributed by atoms with Gasteiger partial charge in [0, 0.05) is 12.1 Å². The predicted octanol–water partition coefficient (Wildman–Crippen LogP) is 3.04. The minimum Gasteiger partial charge on any atom is -0.275 e. The second-order valence-corrected chi connectivity index (χ2v) is 3.44. The van der Waals surface area contributed by atoms with Crippen molar-refractivity contribution in [2.24, 2.45) is 0 Å². The van der Waals surface area contributed by atoms with Crippen LogP contribution in [0.3, 0.4) is 0 Å². The molecule has 0 aliphatic carbocycles. The van der Waals surface area contributed by atoms with E-state index in [0.717, 1.165) is 5.56 Å². The van der Waals surface area contributed by atoms with E-state index in [9.17, 15) is 10.1 Å². The molecule has 2 aromatic rings. The molecule has 0 aliphatic heterocycles. The predicted molar refractivity (Wildman–Crippen MR) is 64.7 cm³/mol. The van der Waals surface area contributed by atoms with Crippen LogP contribution in [0, 0.1) is 16.7 Å². The van der Waals surface area contributed by atoms with E-state index >= 15 is 0 Å². The summed E-state index contributed by atoms with van der Waals surface area (Å²) >= 11 is 0. The molecule has 0 amide bonds. The molecule has 4 heteroatoms. The van der Waals surface area contributed by atoms with Crippen molar-refractivity contribution in [1.82, 2.24) is 5.32 Å². The minimum absolute atomic E-state index is 0.0728. The van der Waals surface area contributed by atoms with E-state index in [1.165, 1.54) is 12.1 Å². The standard InChI is InChI=1S/C13H10N2O2/c16-15(17)13-8-6-12(7-9-13)14-10-11-4-2-1-3-5-11/h1-10H. The van der Waals surface area contributed by atoms with Crippen molar-refractivity contribution in [1.29, 1.82) is 0 Å². The minimum atomic E-state index is -0.426. The number of non-ortho nitro benzene ring substituents is 1. The van der Waals surface area contributed by atoms with Crippen molar-refractivity contribution in [3.8, 4) is 0 Å². The van der Waals surface area contributed by atoms with Gasteiger partial charge in [-0.3, -0.25) is 15.4 Å². The molecule has 0 saturated carbocycles. The lowest BCUT2D eigenvalue weighted by Crippen LogP contribution is -1.95. The lowest BCUT2D eigenvalue weighted by molar-refractivity contribution is -0.384. The number of hydrogen-bond donors (Lipinski definition) is 0. The Morgan fingerprint density at radius 3 is 2.24 bits per heavy atom. The van der Waals surface area contributed by atoms with Crippen molar-refractivity contribution in [3.63, 3.8) is 0 Å². The molecule has 0 N–H and O–H groups in total. The largest absolute Gasteiger partial charge is 0.275 e. The van der Waals surface area contributed by atoms with Gasteiger partial charge in [0.25, 0.3) is 5.69 Å². The molecule has 0 aromatic heterocycles. The van der Waals surface area contributed by atoms with E-state index in [1.54, 1.807) is 18.7 Å². The van der Waals surface area contributed by atoms with Crippen LogP contribution in [0.1, 0.15) is 5.56 Å². The molecule has 2 radical (unpaired) electrons. The summed E-state index contributed by atoms with van der Waals surface area (Å²) in [5.41, 5.74) is 1.76. The van der Waals surface area contributed by atoms with Crippen molar-refractivity contribution in [2.75, 3.05) is 0 Å². The Labute approximate surface area is 99.1 Å². The van der Waals surface area contributed by atoms with Crippen LogP contribution >= 0.6 is 0 Å². The first kappa shape index (κ1) is 11.1. The van der Waals surface area contributed by atoms with Gasteiger partial charge in [-0.2, -0.15) is 0 Å². The lowest BCUT2D eigenvalue weighted by atomic mass is 10.2. The van der Waals surface area contributed by atoms with E-state index < -0.39 is 4.92 Å². The Morgan fingerprint density at radius 1 is 1.00 bits per heavy atom. The molecule has 0 aliphatic rings. The fourth-order valence-electron chi connectivity index (χ4n) is 1.35. The Morgan fingerprint density at radius 2 is 1.65 bits per heavy atom. The van der Waals surface area contributed by atoms with Crippen LogP contribution in [-0.2, 0) is 0 Å². The van der Waals surface area contributed by atoms with Gasteiger partial charge < -0.3 is 0 Å². The summed E-state index contributed by atoms with van der Waals surface area (Å²) in [6.45, 7) is 1.72. The van der Waals surface area contributed by atoms with Gasteiger partial charge >= 0.3 is 0 Å². The average Bonchev–Trinajstić information content (AvgIpc) is 2.38. The van der Waals surface area contributed by atoms with Crippen LogP contribution in [0.15, 0.2) is 54.6 Å². The molecule has 84 valence electrons. The zero-order valence-corrected chi connectivity index (χ0v) is 8.98. The van der Waals surface area contributed by atoms with Crippen LogP contribution in [0.4, 0.5) is 11.4 Å². The second kappa shape index (κ2) is 5.12. The Kier molecular flexibility index (Phi) is 3.35. The molecular formula is C13H10N2O2. The molecule has 17 heavy (non-hydrogen) atoms. The topological polar surface area (TPSA) is 57.2 Å². The SMILES string of the molecule is O=[N+]([O-])c1ccc([N][CH]c2ccccc2)cc1. The fraction of sp³-hybridized carbons (Fsp3) is 0. The number of nitrogens with zero attached hydrogens (tertiary/aromatic N) is 2. The van der Waals surface area contributed by atoms with Gasteiger partial charge in [0.1, 0.15) is 6.54 Å². The van der Waals surface area contributed by atoms with E-state index in [4.69, 9.17) is 0 Å². The molecule has 0 saturated heterocycles. The smallest absolute Gasteiger partial charge is 0.269 e. The van der Waals surface area contributed by atoms with E-state index in [1.807, 2.05) is 30.3 Å². The molecule has 4 nitrogen and oxygen atoms in total. The third-order valence-corrected chi connectivity index (χ3v) is 2.22. The normalized spacial score (nSPS) is 9.88. The number of rotatable bonds is 4. The highest BCUT2D eigenvalue weighted by Crippen LogP contribution is 2.16. The van der Waals surface area contributed by atoms with Crippen LogP contribution in [0.2, 0.25) is 0 Å². The highest BCUT2D eigenvalue weighted by atomic mass is 16.6. The summed E-state index contributed by atoms with van der Waals surface area (Å²) in [7, 11) is 0. The molecule has 0 fully saturated rings. The summed E-state index contributed by atoms with van der Waals surface area (Å²) in [5.74, 6) is 0. The highest BCUT2D eigenvalue weighted by molar-refractivity contribution is 5.45. The Balaban J connectivity index is 1.98. The zero-order chi connectivity index (χ0) is 12.1. The Hall–Kier alpha value is -2.36. The van der Waals surface area contributed by atoms with Gasteiger partial charge in [-0.25, -0.2) is 0 Å². The summed E-state index contributed by atoms with van der Waals surface area (Å²) in [6, 6.07) is 15.8. The molecule has 0 heterocycles. The van der Waals surface area contributed by atoms with Gasteiger partial charge in [-0.1, -0.05) is 30.3 Å². The highest BCUT2D eigenvalue weighted by Gasteiger charge is 2.04. The van der Waals surface area contributed by atoms with Crippen LogP contribution in [-0.4, -0.2) is 4.92 Å². The van der Waals surface area contributed by atoms with Crippen LogP contribution in [0.25, 0.3) is 0 Å². The average molecular weight is 226 g/mol. The van der Waals surface area contributed by atoms with E-state index in [2.05, 4.69) is 5.32 Å². The second-order valence-electron chi connectivity index (χ2n) is 3.44. The van der Waals surface area contributed by atoms with Gasteiger partial charge in [-0.05, 0) is 17.7 Å². The summed E-state index contributed by atoms with van der Waals surface area (Å²) in [6.07, 6.45) is 0. The third kappa shape index (κ3) is 3.04. The van der Waals surface area contributed by atoms with Gasteiger partial charge in [-0.15, -0.1) is 0 Å². The molecule has 0 spiro atoms. The summed E-state index contributed by atoms with van der Waals surface area (Å²) in [4.78, 5) is 10.0. The third-order valence-electron chi connectivity index (χ3n) is 2.22. The summed E-state index contributed by atoms with van der Waals surface area (Å²) < 4.78 is 0. The first-order valence-electron chi connectivity index (χ1n) is 5.09. The molecule has 0 bridgehead atoms. The van der Waals surface area contributed by atoms with Crippen molar-refractivity contribution in [3.05, 3.63) is 76.8 Å². The first-order chi connectivity index (χ1) is 8.25. The Bertz CT molecular complexity index is 495. The number of hydrogen-bond acceptors (Lipinski definition) is 2. The maximum atomic E-state index is 10.5. The van der Waals surface area contributed by atoms with Gasteiger partial charge in [0.05, 0.1) is 10.6 Å². The molecule has 0 atom stereocenters. The molecular weight excluding hydrogens is 216 g/mol. The maximum Gasteiger partial charge on any atom is 0.269 e. The monoisotopic (exact) mass is 226 g/mol. The van der Waals surface area contributed by atoms with Crippen molar-refractivity contribution in [2.45, 2.75) is 0 Å². The van der Waals surface area contributed by atoms with Crippen molar-refractivity contribution >= 4 is 11.4 Å². The zero-order valence-electron chi connectivity index (χ0n) is 8.98. The summed E-state index contributed by atoms with van der Waals surface area (Å²) in [5, 5.41) is 14.7. The maximum absolute atomic E-state index is 10.5. The fourth-order valence-corrected chi connectivity index (χ4v) is 1.35. The molecule has 2 rings (SSSR count). The van der Waals surface area contributed by atoms with Crippen LogP contribution in [0.5, 0.6) is 0 Å². The number of benzene rings is 2. The molecule has 2 aromatic carbocycles. The van der Waals surface area contributed by atoms with E-state index in [-0.39, 0.29) is 5.69 Å².